The molecule has 1 unspecified atom stereocenters. The average Bonchev–Trinajstić information content (AvgIpc) is 2.29. The van der Waals surface area contributed by atoms with E-state index in [1.54, 1.807) is 19.1 Å². The Labute approximate surface area is 101 Å². The monoisotopic (exact) mass is 239 g/mol. The van der Waals surface area contributed by atoms with Gasteiger partial charge in [0, 0.05) is 13.0 Å². The normalized spacial score (nSPS) is 12.2. The van der Waals surface area contributed by atoms with Crippen molar-refractivity contribution in [3.63, 3.8) is 0 Å². The van der Waals surface area contributed by atoms with Gasteiger partial charge in [-0.3, -0.25) is 4.79 Å². The van der Waals surface area contributed by atoms with E-state index >= 15 is 0 Å². The molecule has 0 radical (unpaired) electrons. The molecule has 3 nitrogen and oxygen atoms in total. The Morgan fingerprint density at radius 3 is 2.65 bits per heavy atom. The van der Waals surface area contributed by atoms with Gasteiger partial charge in [0.2, 0.25) is 5.91 Å². The molecule has 1 aromatic rings. The summed E-state index contributed by atoms with van der Waals surface area (Å²) < 4.78 is 12.6. The molecule has 0 saturated heterocycles. The second-order valence-electron chi connectivity index (χ2n) is 4.11. The maximum Gasteiger partial charge on any atom is 0.220 e. The molecule has 17 heavy (non-hydrogen) atoms. The number of aliphatic hydroxyl groups excluding tert-OH is 1. The molecule has 94 valence electrons. The lowest BCUT2D eigenvalue weighted by Gasteiger charge is -2.06. The van der Waals surface area contributed by atoms with Gasteiger partial charge in [-0.1, -0.05) is 12.1 Å². The molecule has 0 fully saturated rings. The quantitative estimate of drug-likeness (QED) is 0.793. The smallest absolute Gasteiger partial charge is 0.220 e. The number of benzene rings is 1. The Kier molecular flexibility index (Phi) is 5.63. The fourth-order valence-corrected chi connectivity index (χ4v) is 1.43. The number of carbonyl (C=O) groups excluding carboxylic acids is 1. The number of amides is 1. The number of aliphatic hydroxyl groups is 1. The lowest BCUT2D eigenvalue weighted by Crippen LogP contribution is -2.26. The molecule has 2 N–H and O–H groups in total. The molecule has 0 heterocycles. The minimum absolute atomic E-state index is 0.0620. The highest BCUT2D eigenvalue weighted by Crippen LogP contribution is 2.03. The number of hydrogen-bond donors (Lipinski definition) is 2. The Hall–Kier alpha value is -1.42. The first-order valence-corrected chi connectivity index (χ1v) is 5.77. The predicted octanol–water partition coefficient (Wildman–Crippen LogP) is 1.65. The summed E-state index contributed by atoms with van der Waals surface area (Å²) in [5.74, 6) is -0.317. The Bertz CT molecular complexity index is 349. The molecule has 1 amide bonds. The van der Waals surface area contributed by atoms with Crippen LogP contribution >= 0.6 is 0 Å². The van der Waals surface area contributed by atoms with Gasteiger partial charge >= 0.3 is 0 Å². The molecule has 0 bridgehead atoms. The summed E-state index contributed by atoms with van der Waals surface area (Å²) in [6.07, 6.45) is 1.04. The molecular weight excluding hydrogens is 221 g/mol. The van der Waals surface area contributed by atoms with Gasteiger partial charge in [0.1, 0.15) is 5.82 Å². The lowest BCUT2D eigenvalue weighted by atomic mass is 10.1. The van der Waals surface area contributed by atoms with E-state index in [2.05, 4.69) is 5.32 Å². The molecule has 1 aromatic carbocycles. The van der Waals surface area contributed by atoms with Crippen molar-refractivity contribution in [1.82, 2.24) is 5.32 Å². The fraction of sp³-hybridized carbons (Fsp3) is 0.462. The van der Waals surface area contributed by atoms with Crippen LogP contribution in [0.25, 0.3) is 0 Å². The molecule has 0 aliphatic rings. The first-order valence-electron chi connectivity index (χ1n) is 5.77. The summed E-state index contributed by atoms with van der Waals surface area (Å²) in [6, 6.07) is 6.23. The van der Waals surface area contributed by atoms with Crippen LogP contribution in [0.4, 0.5) is 4.39 Å². The highest BCUT2D eigenvalue weighted by atomic mass is 19.1. The van der Waals surface area contributed by atoms with E-state index in [9.17, 15) is 9.18 Å². The van der Waals surface area contributed by atoms with Crippen molar-refractivity contribution in [3.8, 4) is 0 Å². The van der Waals surface area contributed by atoms with Gasteiger partial charge in [0.05, 0.1) is 6.10 Å². The minimum Gasteiger partial charge on any atom is -0.393 e. The summed E-state index contributed by atoms with van der Waals surface area (Å²) in [5.41, 5.74) is 0.988. The van der Waals surface area contributed by atoms with Gasteiger partial charge in [-0.05, 0) is 37.5 Å². The molecule has 0 aromatic heterocycles. The number of carbonyl (C=O) groups is 1. The summed E-state index contributed by atoms with van der Waals surface area (Å²) in [5, 5.41) is 11.8. The number of hydrogen-bond acceptors (Lipinski definition) is 2. The third-order valence-corrected chi connectivity index (χ3v) is 2.44. The van der Waals surface area contributed by atoms with Crippen molar-refractivity contribution in [1.29, 1.82) is 0 Å². The minimum atomic E-state index is -0.446. The third kappa shape index (κ3) is 6.02. The SMILES string of the molecule is CC(O)CCC(=O)NCCc1ccc(F)cc1. The maximum absolute atomic E-state index is 12.6. The van der Waals surface area contributed by atoms with Crippen LogP contribution in [0.1, 0.15) is 25.3 Å². The Balaban J connectivity index is 2.19. The van der Waals surface area contributed by atoms with E-state index in [4.69, 9.17) is 5.11 Å². The zero-order valence-corrected chi connectivity index (χ0v) is 9.95. The topological polar surface area (TPSA) is 49.3 Å². The number of halogens is 1. The molecule has 4 heteroatoms. The van der Waals surface area contributed by atoms with Crippen LogP contribution < -0.4 is 5.32 Å². The Morgan fingerprint density at radius 1 is 1.41 bits per heavy atom. The summed E-state index contributed by atoms with van der Waals surface area (Å²) >= 11 is 0. The van der Waals surface area contributed by atoms with Crippen LogP contribution in [0.5, 0.6) is 0 Å². The average molecular weight is 239 g/mol. The highest BCUT2D eigenvalue weighted by molar-refractivity contribution is 5.75. The largest absolute Gasteiger partial charge is 0.393 e. The lowest BCUT2D eigenvalue weighted by molar-refractivity contribution is -0.121. The van der Waals surface area contributed by atoms with Gasteiger partial charge in [-0.15, -0.1) is 0 Å². The number of nitrogens with one attached hydrogen (secondary N) is 1. The molecule has 0 aliphatic carbocycles. The summed E-state index contributed by atoms with van der Waals surface area (Å²) in [7, 11) is 0. The molecule has 0 spiro atoms. The van der Waals surface area contributed by atoms with Crippen molar-refractivity contribution in [2.24, 2.45) is 0 Å². The second-order valence-corrected chi connectivity index (χ2v) is 4.11. The second kappa shape index (κ2) is 7.01. The van der Waals surface area contributed by atoms with E-state index in [1.165, 1.54) is 12.1 Å². The maximum atomic E-state index is 12.6. The van der Waals surface area contributed by atoms with E-state index < -0.39 is 6.10 Å². The van der Waals surface area contributed by atoms with E-state index in [0.29, 0.717) is 25.8 Å². The first-order chi connectivity index (χ1) is 8.08. The Morgan fingerprint density at radius 2 is 2.06 bits per heavy atom. The fourth-order valence-electron chi connectivity index (χ4n) is 1.43. The van der Waals surface area contributed by atoms with Crippen LogP contribution in [-0.4, -0.2) is 23.7 Å². The van der Waals surface area contributed by atoms with Crippen LogP contribution in [0, 0.1) is 5.82 Å². The highest BCUT2D eigenvalue weighted by Gasteiger charge is 2.03. The standard InChI is InChI=1S/C13H18FNO2/c1-10(16)2-7-13(17)15-9-8-11-3-5-12(14)6-4-11/h3-6,10,16H,2,7-9H2,1H3,(H,15,17). The van der Waals surface area contributed by atoms with Crippen LogP contribution in [-0.2, 0) is 11.2 Å². The van der Waals surface area contributed by atoms with E-state index in [0.717, 1.165) is 5.56 Å². The van der Waals surface area contributed by atoms with Crippen LogP contribution in [0.3, 0.4) is 0 Å². The third-order valence-electron chi connectivity index (χ3n) is 2.44. The molecule has 1 rings (SSSR count). The van der Waals surface area contributed by atoms with Gasteiger partial charge in [-0.2, -0.15) is 0 Å². The van der Waals surface area contributed by atoms with Crippen molar-refractivity contribution < 1.29 is 14.3 Å². The van der Waals surface area contributed by atoms with E-state index in [-0.39, 0.29) is 11.7 Å². The van der Waals surface area contributed by atoms with Crippen LogP contribution in [0.2, 0.25) is 0 Å². The summed E-state index contributed by atoms with van der Waals surface area (Å²) in [6.45, 7) is 2.19. The van der Waals surface area contributed by atoms with E-state index in [1.807, 2.05) is 0 Å². The molecular formula is C13H18FNO2. The van der Waals surface area contributed by atoms with Crippen molar-refractivity contribution in [2.45, 2.75) is 32.3 Å². The summed E-state index contributed by atoms with van der Waals surface area (Å²) in [4.78, 5) is 11.3. The van der Waals surface area contributed by atoms with Gasteiger partial charge in [0.25, 0.3) is 0 Å². The zero-order valence-electron chi connectivity index (χ0n) is 9.95. The first kappa shape index (κ1) is 13.6. The van der Waals surface area contributed by atoms with Gasteiger partial charge < -0.3 is 10.4 Å². The molecule has 0 aliphatic heterocycles. The van der Waals surface area contributed by atoms with Crippen LogP contribution in [0.15, 0.2) is 24.3 Å². The van der Waals surface area contributed by atoms with Gasteiger partial charge in [-0.25, -0.2) is 4.39 Å². The number of rotatable bonds is 6. The molecule has 0 saturated carbocycles. The van der Waals surface area contributed by atoms with Crippen molar-refractivity contribution >= 4 is 5.91 Å². The van der Waals surface area contributed by atoms with Crippen molar-refractivity contribution in [3.05, 3.63) is 35.6 Å². The molecule has 1 atom stereocenters. The zero-order chi connectivity index (χ0) is 12.7. The van der Waals surface area contributed by atoms with Crippen molar-refractivity contribution in [2.75, 3.05) is 6.54 Å². The van der Waals surface area contributed by atoms with Gasteiger partial charge in [0.15, 0.2) is 0 Å². The predicted molar refractivity (Wildman–Crippen MR) is 64.0 cm³/mol.